The Morgan fingerprint density at radius 3 is 2.68 bits per heavy atom. The third kappa shape index (κ3) is 3.10. The molecule has 4 heteroatoms. The summed E-state index contributed by atoms with van der Waals surface area (Å²) in [6.07, 6.45) is 1.45. The van der Waals surface area contributed by atoms with Crippen LogP contribution in [-0.2, 0) is 0 Å². The lowest BCUT2D eigenvalue weighted by molar-refractivity contribution is 0.0927. The minimum Gasteiger partial charge on any atom is -0.459 e. The van der Waals surface area contributed by atoms with Crippen LogP contribution in [0.1, 0.15) is 34.2 Å². The molecule has 19 heavy (non-hydrogen) atoms. The van der Waals surface area contributed by atoms with E-state index in [9.17, 15) is 4.79 Å². The van der Waals surface area contributed by atoms with E-state index in [4.69, 9.17) is 4.42 Å². The second-order valence-electron chi connectivity index (χ2n) is 4.43. The lowest BCUT2D eigenvalue weighted by Crippen LogP contribution is -2.18. The van der Waals surface area contributed by atoms with Crippen molar-refractivity contribution in [2.75, 3.05) is 0 Å². The molecule has 1 N–H and O–H groups in total. The highest BCUT2D eigenvalue weighted by Gasteiger charge is 2.08. The minimum absolute atomic E-state index is 0.247. The lowest BCUT2D eigenvalue weighted by atomic mass is 10.0. The van der Waals surface area contributed by atoms with Crippen LogP contribution in [0.4, 0.5) is 0 Å². The van der Waals surface area contributed by atoms with E-state index >= 15 is 0 Å². The maximum absolute atomic E-state index is 11.7. The van der Waals surface area contributed by atoms with Crippen molar-refractivity contribution in [1.29, 1.82) is 0 Å². The van der Waals surface area contributed by atoms with E-state index in [1.807, 2.05) is 32.9 Å². The van der Waals surface area contributed by atoms with Gasteiger partial charge in [-0.25, -0.2) is 5.43 Å². The van der Waals surface area contributed by atoms with E-state index in [1.54, 1.807) is 12.1 Å². The Morgan fingerprint density at radius 1 is 1.26 bits per heavy atom. The van der Waals surface area contributed by atoms with Gasteiger partial charge in [0.2, 0.25) is 0 Å². The van der Waals surface area contributed by atoms with Gasteiger partial charge in [-0.05, 0) is 38.5 Å². The van der Waals surface area contributed by atoms with Crippen LogP contribution in [0.2, 0.25) is 0 Å². The Bertz CT molecular complexity index is 613. The summed E-state index contributed by atoms with van der Waals surface area (Å²) in [7, 11) is 0. The average Bonchev–Trinajstić information content (AvgIpc) is 2.89. The van der Waals surface area contributed by atoms with E-state index in [0.29, 0.717) is 0 Å². The number of carbonyl (C=O) groups excluding carboxylic acids is 1. The molecule has 0 aliphatic rings. The molecule has 0 bridgehead atoms. The number of benzene rings is 1. The minimum atomic E-state index is -0.353. The lowest BCUT2D eigenvalue weighted by Gasteiger charge is -2.06. The molecule has 1 aromatic carbocycles. The molecule has 0 fully saturated rings. The number of furan rings is 1. The third-order valence-corrected chi connectivity index (χ3v) is 2.84. The van der Waals surface area contributed by atoms with Crippen molar-refractivity contribution in [3.63, 3.8) is 0 Å². The number of hydrogen-bond acceptors (Lipinski definition) is 3. The van der Waals surface area contributed by atoms with Crippen LogP contribution < -0.4 is 5.43 Å². The van der Waals surface area contributed by atoms with Crippen molar-refractivity contribution in [1.82, 2.24) is 5.43 Å². The predicted molar refractivity (Wildman–Crippen MR) is 74.3 cm³/mol. The summed E-state index contributed by atoms with van der Waals surface area (Å²) in [6.45, 7) is 5.93. The van der Waals surface area contributed by atoms with Crippen molar-refractivity contribution >= 4 is 11.6 Å². The van der Waals surface area contributed by atoms with Crippen LogP contribution in [0.25, 0.3) is 0 Å². The predicted octanol–water partition coefficient (Wildman–Crippen LogP) is 3.05. The summed E-state index contributed by atoms with van der Waals surface area (Å²) in [6, 6.07) is 9.37. The van der Waals surface area contributed by atoms with Crippen LogP contribution in [-0.4, -0.2) is 11.6 Å². The number of nitrogens with one attached hydrogen (secondary N) is 1. The Hall–Kier alpha value is -2.36. The summed E-state index contributed by atoms with van der Waals surface area (Å²) in [5.41, 5.74) is 6.60. The highest BCUT2D eigenvalue weighted by molar-refractivity contribution is 6.01. The molecule has 0 saturated carbocycles. The summed E-state index contributed by atoms with van der Waals surface area (Å²) >= 11 is 0. The topological polar surface area (TPSA) is 54.6 Å². The molecule has 98 valence electrons. The smallest absolute Gasteiger partial charge is 0.307 e. The number of nitrogens with zero attached hydrogens (tertiary/aromatic N) is 1. The van der Waals surface area contributed by atoms with E-state index in [1.165, 1.54) is 11.8 Å². The van der Waals surface area contributed by atoms with Gasteiger partial charge in [0.25, 0.3) is 0 Å². The summed E-state index contributed by atoms with van der Waals surface area (Å²) < 4.78 is 4.99. The first kappa shape index (κ1) is 13.1. The number of amides is 1. The largest absolute Gasteiger partial charge is 0.459 e. The molecule has 0 unspecified atom stereocenters. The molecule has 2 aromatic rings. The highest BCUT2D eigenvalue weighted by atomic mass is 16.3. The quantitative estimate of drug-likeness (QED) is 0.677. The molecule has 0 spiro atoms. The fourth-order valence-electron chi connectivity index (χ4n) is 1.88. The average molecular weight is 256 g/mol. The number of hydrazone groups is 1. The molecule has 1 aromatic heterocycles. The number of carbonyl (C=O) groups is 1. The van der Waals surface area contributed by atoms with Crippen LogP contribution in [0, 0.1) is 13.8 Å². The van der Waals surface area contributed by atoms with Crippen LogP contribution in [0.3, 0.4) is 0 Å². The van der Waals surface area contributed by atoms with Gasteiger partial charge in [-0.15, -0.1) is 0 Å². The first-order valence-corrected chi connectivity index (χ1v) is 6.03. The van der Waals surface area contributed by atoms with Gasteiger partial charge in [0.1, 0.15) is 0 Å². The fourth-order valence-corrected chi connectivity index (χ4v) is 1.88. The zero-order chi connectivity index (χ0) is 13.8. The molecule has 0 atom stereocenters. The van der Waals surface area contributed by atoms with Crippen molar-refractivity contribution in [2.24, 2.45) is 5.10 Å². The van der Waals surface area contributed by atoms with Gasteiger partial charge in [-0.1, -0.05) is 23.8 Å². The second-order valence-corrected chi connectivity index (χ2v) is 4.43. The van der Waals surface area contributed by atoms with Gasteiger partial charge in [0.05, 0.1) is 12.0 Å². The number of aryl methyl sites for hydroxylation is 2. The zero-order valence-corrected chi connectivity index (χ0v) is 11.2. The van der Waals surface area contributed by atoms with Gasteiger partial charge >= 0.3 is 5.91 Å². The Morgan fingerprint density at radius 2 is 2.05 bits per heavy atom. The summed E-state index contributed by atoms with van der Waals surface area (Å²) in [5, 5.41) is 4.10. The van der Waals surface area contributed by atoms with Crippen LogP contribution in [0.5, 0.6) is 0 Å². The molecule has 4 nitrogen and oxygen atoms in total. The Labute approximate surface area is 112 Å². The third-order valence-electron chi connectivity index (χ3n) is 2.84. The number of rotatable bonds is 3. The van der Waals surface area contributed by atoms with Gasteiger partial charge in [-0.2, -0.15) is 5.10 Å². The molecule has 0 saturated heterocycles. The van der Waals surface area contributed by atoms with E-state index in [-0.39, 0.29) is 11.7 Å². The van der Waals surface area contributed by atoms with E-state index in [0.717, 1.165) is 16.8 Å². The standard InChI is InChI=1S/C15H16N2O2/c1-10-6-7-13(11(2)9-10)12(3)16-17-15(18)14-5-4-8-19-14/h4-9H,1-3H3,(H,17,18)/b16-12+. The Balaban J connectivity index is 2.13. The second kappa shape index (κ2) is 5.52. The van der Waals surface area contributed by atoms with Gasteiger partial charge in [0.15, 0.2) is 5.76 Å². The first-order chi connectivity index (χ1) is 9.08. The summed E-state index contributed by atoms with van der Waals surface area (Å²) in [4.78, 5) is 11.7. The molecule has 0 radical (unpaired) electrons. The maximum atomic E-state index is 11.7. The molecule has 1 heterocycles. The first-order valence-electron chi connectivity index (χ1n) is 6.03. The molecular weight excluding hydrogens is 240 g/mol. The SMILES string of the molecule is C/C(=N\NC(=O)c1ccco1)c1ccc(C)cc1C. The number of hydrogen-bond donors (Lipinski definition) is 1. The monoisotopic (exact) mass is 256 g/mol. The van der Waals surface area contributed by atoms with Crippen molar-refractivity contribution < 1.29 is 9.21 Å². The highest BCUT2D eigenvalue weighted by Crippen LogP contribution is 2.11. The normalized spacial score (nSPS) is 11.4. The van der Waals surface area contributed by atoms with Crippen molar-refractivity contribution in [3.05, 3.63) is 59.0 Å². The summed E-state index contributed by atoms with van der Waals surface area (Å²) in [5.74, 6) is -0.105. The molecule has 2 rings (SSSR count). The van der Waals surface area contributed by atoms with Crippen molar-refractivity contribution in [3.8, 4) is 0 Å². The van der Waals surface area contributed by atoms with Crippen LogP contribution >= 0.6 is 0 Å². The maximum Gasteiger partial charge on any atom is 0.307 e. The van der Waals surface area contributed by atoms with Gasteiger partial charge < -0.3 is 4.42 Å². The molecule has 0 aliphatic carbocycles. The van der Waals surface area contributed by atoms with E-state index in [2.05, 4.69) is 16.6 Å². The van der Waals surface area contributed by atoms with Crippen molar-refractivity contribution in [2.45, 2.75) is 20.8 Å². The zero-order valence-electron chi connectivity index (χ0n) is 11.2. The fraction of sp³-hybridized carbons (Fsp3) is 0.200. The van der Waals surface area contributed by atoms with Gasteiger partial charge in [-0.3, -0.25) is 4.79 Å². The van der Waals surface area contributed by atoms with Gasteiger partial charge in [0, 0.05) is 5.56 Å². The van der Waals surface area contributed by atoms with E-state index < -0.39 is 0 Å². The molecule has 1 amide bonds. The Kier molecular flexibility index (Phi) is 3.80. The molecule has 0 aliphatic heterocycles. The molecular formula is C15H16N2O2. The van der Waals surface area contributed by atoms with Crippen LogP contribution in [0.15, 0.2) is 46.1 Å².